The highest BCUT2D eigenvalue weighted by Gasteiger charge is 2.06. The summed E-state index contributed by atoms with van der Waals surface area (Å²) in [6, 6.07) is 0. The third kappa shape index (κ3) is 1.40. The van der Waals surface area contributed by atoms with Gasteiger partial charge in [0.25, 0.3) is 0 Å². The summed E-state index contributed by atoms with van der Waals surface area (Å²) in [5, 5.41) is 0. The molecule has 0 radical (unpaired) electrons. The standard InChI is InChI=1S/C12H10/c1-2-4-8-12-10-6-5-9-11(12)7-3-1/h1,3,5-7,9-10,12H,2H2/b3-1-,11-7-. The second kappa shape index (κ2) is 3.28. The van der Waals surface area contributed by atoms with Crippen LogP contribution in [-0.2, 0) is 0 Å². The van der Waals surface area contributed by atoms with Crippen LogP contribution in [0.15, 0.2) is 48.1 Å². The summed E-state index contributed by atoms with van der Waals surface area (Å²) in [4.78, 5) is 0. The van der Waals surface area contributed by atoms with Gasteiger partial charge in [-0.3, -0.25) is 0 Å². The lowest BCUT2D eigenvalue weighted by atomic mass is 9.94. The number of rotatable bonds is 0. The molecule has 0 saturated carbocycles. The fourth-order valence-corrected chi connectivity index (χ4v) is 1.32. The summed E-state index contributed by atoms with van der Waals surface area (Å²) in [5.74, 6) is 6.66. The predicted octanol–water partition coefficient (Wildman–Crippen LogP) is 2.62. The van der Waals surface area contributed by atoms with Gasteiger partial charge in [-0.25, -0.2) is 0 Å². The van der Waals surface area contributed by atoms with Crippen LogP contribution in [0, 0.1) is 17.8 Å². The maximum atomic E-state index is 3.22. The van der Waals surface area contributed by atoms with E-state index in [4.69, 9.17) is 0 Å². The van der Waals surface area contributed by atoms with Gasteiger partial charge in [0.05, 0.1) is 5.92 Å². The van der Waals surface area contributed by atoms with E-state index >= 15 is 0 Å². The Balaban J connectivity index is 2.38. The highest BCUT2D eigenvalue weighted by atomic mass is 14.1. The van der Waals surface area contributed by atoms with Crippen LogP contribution in [0.5, 0.6) is 0 Å². The fraction of sp³-hybridized carbons (Fsp3) is 0.167. The van der Waals surface area contributed by atoms with Crippen LogP contribution in [-0.4, -0.2) is 0 Å². The molecule has 0 saturated heterocycles. The van der Waals surface area contributed by atoms with E-state index in [1.807, 2.05) is 0 Å². The molecule has 2 aliphatic carbocycles. The Morgan fingerprint density at radius 3 is 3.25 bits per heavy atom. The van der Waals surface area contributed by atoms with E-state index in [0.29, 0.717) is 5.92 Å². The Hall–Kier alpha value is -1.48. The van der Waals surface area contributed by atoms with E-state index in [0.717, 1.165) is 6.42 Å². The van der Waals surface area contributed by atoms with Crippen LogP contribution < -0.4 is 0 Å². The molecule has 12 heavy (non-hydrogen) atoms. The molecular formula is C12H10. The average Bonchev–Trinajstić information content (AvgIpc) is 2.06. The monoisotopic (exact) mass is 154 g/mol. The van der Waals surface area contributed by atoms with Crippen molar-refractivity contribution in [3.63, 3.8) is 0 Å². The van der Waals surface area contributed by atoms with Crippen molar-refractivity contribution in [2.75, 3.05) is 0 Å². The second-order valence-electron chi connectivity index (χ2n) is 2.84. The van der Waals surface area contributed by atoms with Gasteiger partial charge in [0.2, 0.25) is 0 Å². The highest BCUT2D eigenvalue weighted by Crippen LogP contribution is 2.18. The molecule has 0 nitrogen and oxygen atoms in total. The second-order valence-corrected chi connectivity index (χ2v) is 2.84. The van der Waals surface area contributed by atoms with E-state index in [1.54, 1.807) is 0 Å². The molecule has 0 heterocycles. The normalized spacial score (nSPS) is 31.7. The van der Waals surface area contributed by atoms with E-state index in [2.05, 4.69) is 54.4 Å². The molecule has 0 amide bonds. The van der Waals surface area contributed by atoms with E-state index in [1.165, 1.54) is 5.57 Å². The van der Waals surface area contributed by atoms with Crippen molar-refractivity contribution in [2.45, 2.75) is 6.42 Å². The molecule has 1 unspecified atom stereocenters. The molecule has 0 aromatic heterocycles. The summed E-state index contributed by atoms with van der Waals surface area (Å²) >= 11 is 0. The smallest absolute Gasteiger partial charge is 0.0635 e. The summed E-state index contributed by atoms with van der Waals surface area (Å²) < 4.78 is 0. The molecule has 0 aromatic carbocycles. The number of hydrogen-bond acceptors (Lipinski definition) is 0. The summed E-state index contributed by atoms with van der Waals surface area (Å²) in [6.45, 7) is 0. The van der Waals surface area contributed by atoms with Gasteiger partial charge in [-0.2, -0.15) is 0 Å². The third-order valence-corrected chi connectivity index (χ3v) is 1.96. The lowest BCUT2D eigenvalue weighted by Gasteiger charge is -2.10. The predicted molar refractivity (Wildman–Crippen MR) is 51.4 cm³/mol. The van der Waals surface area contributed by atoms with Gasteiger partial charge in [0.15, 0.2) is 0 Å². The molecule has 58 valence electrons. The maximum absolute atomic E-state index is 3.22. The lowest BCUT2D eigenvalue weighted by molar-refractivity contribution is 1.03. The Morgan fingerprint density at radius 1 is 1.25 bits per heavy atom. The Labute approximate surface area is 73.0 Å². The zero-order valence-corrected chi connectivity index (χ0v) is 6.83. The van der Waals surface area contributed by atoms with Crippen LogP contribution >= 0.6 is 0 Å². The van der Waals surface area contributed by atoms with Crippen LogP contribution in [0.2, 0.25) is 0 Å². The topological polar surface area (TPSA) is 0 Å². The highest BCUT2D eigenvalue weighted by molar-refractivity contribution is 5.41. The number of hydrogen-bond donors (Lipinski definition) is 0. The van der Waals surface area contributed by atoms with Crippen LogP contribution in [0.1, 0.15) is 6.42 Å². The molecular weight excluding hydrogens is 144 g/mol. The van der Waals surface area contributed by atoms with Crippen molar-refractivity contribution >= 4 is 0 Å². The van der Waals surface area contributed by atoms with E-state index in [9.17, 15) is 0 Å². The van der Waals surface area contributed by atoms with Crippen molar-refractivity contribution in [1.29, 1.82) is 0 Å². The quantitative estimate of drug-likeness (QED) is 0.470. The first kappa shape index (κ1) is 7.18. The van der Waals surface area contributed by atoms with Crippen molar-refractivity contribution in [2.24, 2.45) is 5.92 Å². The number of allylic oxidation sites excluding steroid dienone is 8. The largest absolute Gasteiger partial charge is 0.0982 e. The van der Waals surface area contributed by atoms with Crippen LogP contribution in [0.4, 0.5) is 0 Å². The van der Waals surface area contributed by atoms with Gasteiger partial charge in [-0.1, -0.05) is 54.4 Å². The van der Waals surface area contributed by atoms with Gasteiger partial charge >= 0.3 is 0 Å². The summed E-state index contributed by atoms with van der Waals surface area (Å²) in [6.07, 6.45) is 15.5. The molecule has 2 rings (SSSR count). The minimum absolute atomic E-state index is 0.319. The molecule has 0 heteroatoms. The lowest BCUT2D eigenvalue weighted by Crippen LogP contribution is -1.98. The SMILES string of the molecule is C1#CC2C=CC=C/C2=C/C=C\C1. The minimum atomic E-state index is 0.319. The van der Waals surface area contributed by atoms with Gasteiger partial charge in [-0.05, 0) is 5.57 Å². The molecule has 0 spiro atoms. The molecule has 0 fully saturated rings. The zero-order chi connectivity index (χ0) is 8.23. The minimum Gasteiger partial charge on any atom is -0.0982 e. The Bertz CT molecular complexity index is 340. The molecule has 0 aliphatic heterocycles. The van der Waals surface area contributed by atoms with Crippen molar-refractivity contribution in [1.82, 2.24) is 0 Å². The van der Waals surface area contributed by atoms with Gasteiger partial charge < -0.3 is 0 Å². The third-order valence-electron chi connectivity index (χ3n) is 1.96. The van der Waals surface area contributed by atoms with Crippen molar-refractivity contribution in [3.8, 4) is 11.8 Å². The van der Waals surface area contributed by atoms with Crippen LogP contribution in [0.3, 0.4) is 0 Å². The van der Waals surface area contributed by atoms with Gasteiger partial charge in [0, 0.05) is 6.42 Å². The van der Waals surface area contributed by atoms with Gasteiger partial charge in [0.1, 0.15) is 0 Å². The molecule has 2 aliphatic rings. The fourth-order valence-electron chi connectivity index (χ4n) is 1.32. The Morgan fingerprint density at radius 2 is 2.25 bits per heavy atom. The Kier molecular flexibility index (Phi) is 1.96. The molecule has 0 bridgehead atoms. The van der Waals surface area contributed by atoms with Crippen molar-refractivity contribution < 1.29 is 0 Å². The molecule has 1 atom stereocenters. The van der Waals surface area contributed by atoms with E-state index in [-0.39, 0.29) is 0 Å². The molecule has 0 aromatic rings. The zero-order valence-electron chi connectivity index (χ0n) is 6.83. The average molecular weight is 154 g/mol. The summed E-state index contributed by atoms with van der Waals surface area (Å²) in [7, 11) is 0. The summed E-state index contributed by atoms with van der Waals surface area (Å²) in [5.41, 5.74) is 1.29. The van der Waals surface area contributed by atoms with Gasteiger partial charge in [-0.15, -0.1) is 0 Å². The van der Waals surface area contributed by atoms with Crippen molar-refractivity contribution in [3.05, 3.63) is 48.1 Å². The molecule has 0 N–H and O–H groups in total. The van der Waals surface area contributed by atoms with E-state index < -0.39 is 0 Å². The first-order chi connectivity index (χ1) is 5.97. The maximum Gasteiger partial charge on any atom is 0.0635 e. The number of fused-ring (bicyclic) bond motifs is 1. The van der Waals surface area contributed by atoms with Crippen LogP contribution in [0.25, 0.3) is 0 Å². The first-order valence-corrected chi connectivity index (χ1v) is 4.17. The first-order valence-electron chi connectivity index (χ1n) is 4.17.